The average molecular weight is 1160 g/mol. The molecule has 0 radical (unpaired) electrons. The molecule has 3 aromatic carbocycles. The topological polar surface area (TPSA) is 269 Å². The van der Waals surface area contributed by atoms with Crippen LogP contribution < -0.4 is 31.9 Å². The van der Waals surface area contributed by atoms with Crippen LogP contribution in [0.15, 0.2) is 91.0 Å². The Morgan fingerprint density at radius 1 is 0.580 bits per heavy atom. The molecule has 1 aliphatic rings. The van der Waals surface area contributed by atoms with Gasteiger partial charge in [-0.1, -0.05) is 146 Å². The summed E-state index contributed by atoms with van der Waals surface area (Å²) in [5.41, 5.74) is 2.07. The number of nitrogens with one attached hydrogen (secondary N) is 6. The van der Waals surface area contributed by atoms with E-state index in [1.165, 1.54) is 11.8 Å². The molecule has 7 amide bonds. The summed E-state index contributed by atoms with van der Waals surface area (Å²) in [4.78, 5) is 115. The second-order valence-corrected chi connectivity index (χ2v) is 33.8. The highest BCUT2D eigenvalue weighted by molar-refractivity contribution is 6.74. The van der Waals surface area contributed by atoms with Gasteiger partial charge in [0, 0.05) is 19.4 Å². The first-order chi connectivity index (χ1) is 37.8. The fraction of sp³-hybridized carbons (Fsp3) is 0.559. The number of alkyl carbamates (subject to hydrolysis) is 1. The summed E-state index contributed by atoms with van der Waals surface area (Å²) in [6.07, 6.45) is -1.58. The molecule has 81 heavy (non-hydrogen) atoms. The molecule has 4 rings (SSSR count). The van der Waals surface area contributed by atoms with Crippen LogP contribution in [0.1, 0.15) is 91.8 Å². The molecule has 0 bridgehead atoms. The zero-order valence-electron chi connectivity index (χ0n) is 49.8. The molecule has 446 valence electrons. The fourth-order valence-electron chi connectivity index (χ4n) is 8.25. The van der Waals surface area contributed by atoms with Crippen molar-refractivity contribution in [3.05, 3.63) is 108 Å². The summed E-state index contributed by atoms with van der Waals surface area (Å²) < 4.78 is 23.4. The zero-order chi connectivity index (χ0) is 60.5. The molecule has 1 aliphatic heterocycles. The third-order valence-electron chi connectivity index (χ3n) is 15.4. The van der Waals surface area contributed by atoms with Crippen LogP contribution in [-0.2, 0) is 71.3 Å². The number of hydrogen-bond acceptors (Lipinski definition) is 13. The van der Waals surface area contributed by atoms with Gasteiger partial charge in [-0.25, -0.2) is 9.59 Å². The summed E-state index contributed by atoms with van der Waals surface area (Å²) in [6.45, 7) is 24.4. The number of benzene rings is 3. The lowest BCUT2D eigenvalue weighted by Gasteiger charge is -2.38. The van der Waals surface area contributed by atoms with Crippen molar-refractivity contribution in [2.75, 3.05) is 26.9 Å². The summed E-state index contributed by atoms with van der Waals surface area (Å²) >= 11 is 0. The largest absolute Gasteiger partial charge is 0.467 e. The Morgan fingerprint density at radius 3 is 1.44 bits per heavy atom. The molecule has 0 aliphatic carbocycles. The predicted molar refractivity (Wildman–Crippen MR) is 313 cm³/mol. The Balaban J connectivity index is 1.72. The first-order valence-corrected chi connectivity index (χ1v) is 33.6. The number of aliphatic hydroxyl groups is 1. The molecule has 0 saturated carbocycles. The van der Waals surface area contributed by atoms with Crippen LogP contribution in [0.25, 0.3) is 0 Å². The van der Waals surface area contributed by atoms with Gasteiger partial charge in [-0.2, -0.15) is 0 Å². The van der Waals surface area contributed by atoms with E-state index in [1.54, 1.807) is 86.6 Å². The van der Waals surface area contributed by atoms with Crippen molar-refractivity contribution in [3.63, 3.8) is 0 Å². The van der Waals surface area contributed by atoms with E-state index in [1.807, 2.05) is 85.9 Å². The normalized spacial score (nSPS) is 16.5. The number of methoxy groups -OCH3 is 1. The monoisotopic (exact) mass is 1160 g/mol. The summed E-state index contributed by atoms with van der Waals surface area (Å²) in [7, 11) is -4.11. The van der Waals surface area contributed by atoms with Crippen molar-refractivity contribution in [2.24, 2.45) is 5.92 Å². The first-order valence-electron chi connectivity index (χ1n) is 27.8. The van der Waals surface area contributed by atoms with E-state index in [0.29, 0.717) is 17.5 Å². The number of aliphatic hydroxyl groups excluding tert-OH is 1. The van der Waals surface area contributed by atoms with Crippen molar-refractivity contribution in [1.82, 2.24) is 36.8 Å². The summed E-state index contributed by atoms with van der Waals surface area (Å²) in [5, 5.41) is 26.3. The molecule has 1 heterocycles. The number of rotatable bonds is 27. The Labute approximate surface area is 480 Å². The van der Waals surface area contributed by atoms with Crippen LogP contribution in [0.3, 0.4) is 0 Å². The van der Waals surface area contributed by atoms with E-state index in [9.17, 15) is 33.9 Å². The minimum atomic E-state index is -2.65. The highest BCUT2D eigenvalue weighted by Crippen LogP contribution is 2.37. The van der Waals surface area contributed by atoms with E-state index in [2.05, 4.69) is 31.9 Å². The first kappa shape index (κ1) is 67.0. The fourth-order valence-corrected chi connectivity index (χ4v) is 10.3. The van der Waals surface area contributed by atoms with E-state index in [0.717, 1.165) is 12.7 Å². The van der Waals surface area contributed by atoms with Gasteiger partial charge >= 0.3 is 12.1 Å². The Kier molecular flexibility index (Phi) is 24.8. The van der Waals surface area contributed by atoms with Gasteiger partial charge < -0.3 is 60.2 Å². The molecular weight excluding hydrogens is 1070 g/mol. The maximum absolute atomic E-state index is 15.0. The number of esters is 1. The van der Waals surface area contributed by atoms with Crippen molar-refractivity contribution < 1.29 is 61.8 Å². The number of carbonyl (C=O) groups is 8. The second kappa shape index (κ2) is 30.0. The third-order valence-corrected chi connectivity index (χ3v) is 24.4. The molecule has 1 fully saturated rings. The van der Waals surface area contributed by atoms with Crippen molar-refractivity contribution in [2.45, 2.75) is 179 Å². The van der Waals surface area contributed by atoms with Crippen molar-refractivity contribution in [3.8, 4) is 0 Å². The predicted octanol–water partition coefficient (Wildman–Crippen LogP) is 5.44. The van der Waals surface area contributed by atoms with E-state index in [-0.39, 0.29) is 55.7 Å². The Bertz CT molecular complexity index is 2580. The van der Waals surface area contributed by atoms with Gasteiger partial charge in [0.05, 0.1) is 26.4 Å². The molecule has 0 unspecified atom stereocenters. The average Bonchev–Trinajstić information content (AvgIpc) is 3.91. The molecule has 8 atom stereocenters. The van der Waals surface area contributed by atoms with Gasteiger partial charge in [-0.05, 0) is 78.6 Å². The van der Waals surface area contributed by atoms with Crippen LogP contribution in [0, 0.1) is 5.92 Å². The van der Waals surface area contributed by atoms with E-state index >= 15 is 9.59 Å². The number of ether oxygens (including phenoxy) is 2. The van der Waals surface area contributed by atoms with Crippen LogP contribution >= 0.6 is 0 Å². The lowest BCUT2D eigenvalue weighted by atomic mass is 10.0. The number of carbonyl (C=O) groups excluding carboxylic acids is 8. The highest BCUT2D eigenvalue weighted by Gasteiger charge is 2.44. The standard InChI is InChI=1S/C59H89N7O13Si2/c1-38(2)48(65-57(75)77-35-42-29-22-17-23-30-42)54(72)63-46(37-79-81(13,14)59(7,8)9)51(69)60-43(33-40-25-18-15-19-26-40)50(68)62-45(36-78-80(11,12)58(4,5)6)52(70)61-44(34-41-27-20-16-21-28-41)55(73)66-32-24-31-47(66)53(71)64-49(39(3)67)56(74)76-10/h15-23,25-30,38-39,43-49,67H,24,31-37H2,1-14H3,(H,60,69)(H,61,70)(H,62,68)(H,63,72)(H,64,71)(H,65,75)/t39-,43+,44-,45-,46-,47-,48+,49-/m0/s1. The smallest absolute Gasteiger partial charge is 0.408 e. The van der Waals surface area contributed by atoms with Gasteiger partial charge in [0.15, 0.2) is 22.7 Å². The zero-order valence-corrected chi connectivity index (χ0v) is 51.8. The number of hydrogen-bond donors (Lipinski definition) is 7. The van der Waals surface area contributed by atoms with Crippen LogP contribution in [-0.4, -0.2) is 149 Å². The number of nitrogens with zero attached hydrogens (tertiary/aromatic N) is 1. The molecule has 1 saturated heterocycles. The Morgan fingerprint density at radius 2 is 1.00 bits per heavy atom. The van der Waals surface area contributed by atoms with Gasteiger partial charge in [0.2, 0.25) is 35.4 Å². The van der Waals surface area contributed by atoms with Gasteiger partial charge in [0.1, 0.15) is 42.9 Å². The number of likely N-dealkylation sites (tertiary alicyclic amines) is 1. The molecule has 0 aromatic heterocycles. The minimum Gasteiger partial charge on any atom is -0.467 e. The van der Waals surface area contributed by atoms with E-state index in [4.69, 9.17) is 18.3 Å². The summed E-state index contributed by atoms with van der Waals surface area (Å²) in [6, 6.07) is 17.8. The lowest BCUT2D eigenvalue weighted by molar-refractivity contribution is -0.149. The quantitative estimate of drug-likeness (QED) is 0.0371. The van der Waals surface area contributed by atoms with Gasteiger partial charge in [-0.15, -0.1) is 0 Å². The molecule has 3 aromatic rings. The highest BCUT2D eigenvalue weighted by atomic mass is 28.4. The SMILES string of the molecule is COC(=O)[C@@H](NC(=O)[C@@H]1CCCN1C(=O)[C@H](Cc1ccccc1)NC(=O)[C@H](CO[Si](C)(C)C(C)(C)C)NC(=O)[C@@H](Cc1ccccc1)NC(=O)[C@H](CO[Si](C)(C)C(C)(C)C)NC(=O)[C@H](NC(=O)OCc1ccccc1)C(C)C)[C@H](C)O. The summed E-state index contributed by atoms with van der Waals surface area (Å²) in [5.74, 6) is -5.68. The molecular formula is C59H89N7O13Si2. The number of amides is 7. The molecule has 7 N–H and O–H groups in total. The van der Waals surface area contributed by atoms with Crippen LogP contribution in [0.2, 0.25) is 36.3 Å². The lowest BCUT2D eigenvalue weighted by Crippen LogP contribution is -2.62. The van der Waals surface area contributed by atoms with E-state index < -0.39 is 118 Å². The molecule has 22 heteroatoms. The third kappa shape index (κ3) is 20.2. The maximum Gasteiger partial charge on any atom is 0.408 e. The Hall–Kier alpha value is -6.47. The van der Waals surface area contributed by atoms with Crippen molar-refractivity contribution >= 4 is 64.1 Å². The van der Waals surface area contributed by atoms with Gasteiger partial charge in [0.25, 0.3) is 0 Å². The van der Waals surface area contributed by atoms with Crippen molar-refractivity contribution in [1.29, 1.82) is 0 Å². The van der Waals surface area contributed by atoms with Gasteiger partial charge in [-0.3, -0.25) is 28.8 Å². The maximum atomic E-state index is 15.0. The second-order valence-electron chi connectivity index (χ2n) is 24.1. The van der Waals surface area contributed by atoms with Crippen LogP contribution in [0.5, 0.6) is 0 Å². The minimum absolute atomic E-state index is 0.0166. The van der Waals surface area contributed by atoms with Crippen LogP contribution in [0.4, 0.5) is 4.79 Å². The molecule has 0 spiro atoms. The molecule has 20 nitrogen and oxygen atoms in total.